The number of urea groups is 1. The molecule has 38 heavy (non-hydrogen) atoms. The molecule has 2 heterocycles. The van der Waals surface area contributed by atoms with Crippen molar-refractivity contribution >= 4 is 11.7 Å². The molecule has 3 atom stereocenters. The molecular formula is C29H33F2N3O4. The van der Waals surface area contributed by atoms with Crippen LogP contribution >= 0.6 is 0 Å². The second-order valence-corrected chi connectivity index (χ2v) is 10.2. The number of likely N-dealkylation sites (tertiary alicyclic amines) is 1. The predicted octanol–water partition coefficient (Wildman–Crippen LogP) is 5.77. The zero-order valence-corrected chi connectivity index (χ0v) is 21.9. The van der Waals surface area contributed by atoms with Crippen molar-refractivity contribution in [3.05, 3.63) is 77.2 Å². The maximum Gasteiger partial charge on any atom is 0.319 e. The molecule has 3 aromatic rings. The molecule has 2 aromatic carbocycles. The summed E-state index contributed by atoms with van der Waals surface area (Å²) in [5.41, 5.74) is 1.28. The fraction of sp³-hybridized carbons (Fsp3) is 0.414. The molecule has 7 nitrogen and oxygen atoms in total. The summed E-state index contributed by atoms with van der Waals surface area (Å²) in [6, 6.07) is 13.1. The fourth-order valence-electron chi connectivity index (χ4n) is 6.14. The fourth-order valence-corrected chi connectivity index (χ4v) is 6.14. The average Bonchev–Trinajstić information content (AvgIpc) is 3.49. The van der Waals surface area contributed by atoms with E-state index in [0.717, 1.165) is 55.9 Å². The number of aryl methyl sites for hydroxylation is 1. The third-order valence-corrected chi connectivity index (χ3v) is 8.00. The number of hydrogen-bond donors (Lipinski definition) is 2. The summed E-state index contributed by atoms with van der Waals surface area (Å²) in [4.78, 5) is 15.2. The van der Waals surface area contributed by atoms with Gasteiger partial charge >= 0.3 is 6.03 Å². The van der Waals surface area contributed by atoms with Crippen LogP contribution in [0.4, 0.5) is 19.3 Å². The Kier molecular flexibility index (Phi) is 7.29. The molecule has 2 N–H and O–H groups in total. The molecule has 0 spiro atoms. The molecule has 202 valence electrons. The number of nitrogens with one attached hydrogen (secondary N) is 2. The number of hydrogen-bond acceptors (Lipinski definition) is 5. The second kappa shape index (κ2) is 10.6. The van der Waals surface area contributed by atoms with Crippen molar-refractivity contribution in [1.29, 1.82) is 0 Å². The van der Waals surface area contributed by atoms with E-state index in [2.05, 4.69) is 27.7 Å². The van der Waals surface area contributed by atoms with E-state index in [1.807, 2.05) is 25.1 Å². The lowest BCUT2D eigenvalue weighted by Gasteiger charge is -2.45. The van der Waals surface area contributed by atoms with E-state index in [-0.39, 0.29) is 23.2 Å². The lowest BCUT2D eigenvalue weighted by molar-refractivity contribution is 0.124. The number of fused-ring (bicyclic) bond motifs is 1. The molecular weight excluding hydrogens is 492 g/mol. The molecule has 9 heteroatoms. The Morgan fingerprint density at radius 3 is 2.58 bits per heavy atom. The van der Waals surface area contributed by atoms with Gasteiger partial charge in [-0.2, -0.15) is 0 Å². The maximum absolute atomic E-state index is 13.6. The number of carbonyl (C=O) groups excluding carboxylic acids is 1. The summed E-state index contributed by atoms with van der Waals surface area (Å²) >= 11 is 0. The number of ether oxygens (including phenoxy) is 2. The first kappa shape index (κ1) is 26.0. The summed E-state index contributed by atoms with van der Waals surface area (Å²) in [7, 11) is 3.27. The molecule has 1 aliphatic carbocycles. The van der Waals surface area contributed by atoms with Crippen molar-refractivity contribution in [2.75, 3.05) is 26.1 Å². The van der Waals surface area contributed by atoms with Gasteiger partial charge in [-0.25, -0.2) is 13.6 Å². The lowest BCUT2D eigenvalue weighted by atomic mass is 9.65. The highest BCUT2D eigenvalue weighted by molar-refractivity contribution is 5.89. The Balaban J connectivity index is 1.37. The SMILES string of the molecule is COc1ccc([C@@]23CC[C@H](NC(=O)Nc4ccc(F)c(F)c4)C[C@H]2N(Cc2ccc(C)o2)CC3)cc1OC. The Bertz CT molecular complexity index is 1310. The van der Waals surface area contributed by atoms with Crippen LogP contribution in [-0.4, -0.2) is 43.8 Å². The smallest absolute Gasteiger partial charge is 0.319 e. The van der Waals surface area contributed by atoms with Gasteiger partial charge in [0.05, 0.1) is 20.8 Å². The van der Waals surface area contributed by atoms with Gasteiger partial charge in [0, 0.05) is 29.3 Å². The number of benzene rings is 2. The number of halogens is 2. The molecule has 1 saturated carbocycles. The number of amides is 2. The molecule has 1 saturated heterocycles. The molecule has 2 aliphatic rings. The van der Waals surface area contributed by atoms with Crippen LogP contribution in [0.1, 0.15) is 42.8 Å². The highest BCUT2D eigenvalue weighted by Crippen LogP contribution is 2.50. The third kappa shape index (κ3) is 5.07. The van der Waals surface area contributed by atoms with E-state index in [4.69, 9.17) is 13.9 Å². The molecule has 1 aliphatic heterocycles. The molecule has 1 aromatic heterocycles. The summed E-state index contributed by atoms with van der Waals surface area (Å²) < 4.78 is 43.8. The van der Waals surface area contributed by atoms with Crippen molar-refractivity contribution in [3.63, 3.8) is 0 Å². The van der Waals surface area contributed by atoms with Crippen LogP contribution < -0.4 is 20.1 Å². The van der Waals surface area contributed by atoms with Gasteiger partial charge in [-0.05, 0) is 81.1 Å². The van der Waals surface area contributed by atoms with Crippen LogP contribution in [0, 0.1) is 18.6 Å². The Labute approximate surface area is 221 Å². The molecule has 2 amide bonds. The van der Waals surface area contributed by atoms with E-state index >= 15 is 0 Å². The van der Waals surface area contributed by atoms with Crippen molar-refractivity contribution in [2.24, 2.45) is 0 Å². The van der Waals surface area contributed by atoms with Crippen LogP contribution in [0.3, 0.4) is 0 Å². The first-order valence-electron chi connectivity index (χ1n) is 12.9. The van der Waals surface area contributed by atoms with Gasteiger partial charge < -0.3 is 24.5 Å². The minimum atomic E-state index is -1.00. The standard InChI is InChI=1S/C29H33F2N3O4/c1-18-4-7-22(38-18)17-34-13-12-29(19-5-9-25(36-2)26(14-19)37-3)11-10-21(16-27(29)34)33-28(35)32-20-6-8-23(30)24(31)15-20/h4-9,14-15,21,27H,10-13,16-17H2,1-3H3,(H2,32,33,35)/t21-,27+,29-/m0/s1. The summed E-state index contributed by atoms with van der Waals surface area (Å²) in [5, 5.41) is 5.67. The highest BCUT2D eigenvalue weighted by Gasteiger charge is 2.52. The molecule has 0 bridgehead atoms. The molecule has 0 radical (unpaired) electrons. The van der Waals surface area contributed by atoms with E-state index < -0.39 is 17.7 Å². The van der Waals surface area contributed by atoms with Gasteiger partial charge in [0.15, 0.2) is 23.1 Å². The summed E-state index contributed by atoms with van der Waals surface area (Å²) in [6.45, 7) is 3.52. The van der Waals surface area contributed by atoms with Gasteiger partial charge in [0.25, 0.3) is 0 Å². The molecule has 5 rings (SSSR count). The first-order chi connectivity index (χ1) is 18.3. The van der Waals surface area contributed by atoms with Crippen molar-refractivity contribution < 1.29 is 27.5 Å². The van der Waals surface area contributed by atoms with Crippen molar-refractivity contribution in [2.45, 2.75) is 56.7 Å². The summed E-state index contributed by atoms with van der Waals surface area (Å²) in [5.74, 6) is 1.22. The van der Waals surface area contributed by atoms with E-state index in [1.165, 1.54) is 11.6 Å². The Morgan fingerprint density at radius 1 is 1.05 bits per heavy atom. The van der Waals surface area contributed by atoms with Crippen LogP contribution in [0.25, 0.3) is 0 Å². The van der Waals surface area contributed by atoms with E-state index in [1.54, 1.807) is 14.2 Å². The quantitative estimate of drug-likeness (QED) is 0.410. The van der Waals surface area contributed by atoms with Crippen LogP contribution in [0.2, 0.25) is 0 Å². The minimum Gasteiger partial charge on any atom is -0.493 e. The summed E-state index contributed by atoms with van der Waals surface area (Å²) in [6.07, 6.45) is 3.36. The van der Waals surface area contributed by atoms with Gasteiger partial charge in [-0.15, -0.1) is 0 Å². The number of furan rings is 1. The number of carbonyl (C=O) groups is 1. The van der Waals surface area contributed by atoms with Crippen molar-refractivity contribution in [3.8, 4) is 11.5 Å². The van der Waals surface area contributed by atoms with Crippen LogP contribution in [0.5, 0.6) is 11.5 Å². The van der Waals surface area contributed by atoms with Gasteiger partial charge in [0.1, 0.15) is 11.5 Å². The zero-order valence-electron chi connectivity index (χ0n) is 21.9. The normalized spacial score (nSPS) is 23.1. The average molecular weight is 526 g/mol. The monoisotopic (exact) mass is 525 g/mol. The Hall–Kier alpha value is -3.59. The van der Waals surface area contributed by atoms with E-state index in [0.29, 0.717) is 18.0 Å². The third-order valence-electron chi connectivity index (χ3n) is 8.00. The number of methoxy groups -OCH3 is 2. The minimum absolute atomic E-state index is 0.0856. The van der Waals surface area contributed by atoms with Gasteiger partial charge in [0.2, 0.25) is 0 Å². The highest BCUT2D eigenvalue weighted by atomic mass is 19.2. The van der Waals surface area contributed by atoms with E-state index in [9.17, 15) is 13.6 Å². The topological polar surface area (TPSA) is 76.0 Å². The first-order valence-corrected chi connectivity index (χ1v) is 12.9. The molecule has 0 unspecified atom stereocenters. The van der Waals surface area contributed by atoms with Crippen LogP contribution in [-0.2, 0) is 12.0 Å². The largest absolute Gasteiger partial charge is 0.493 e. The van der Waals surface area contributed by atoms with Gasteiger partial charge in [-0.3, -0.25) is 4.90 Å². The van der Waals surface area contributed by atoms with Crippen LogP contribution in [0.15, 0.2) is 52.9 Å². The number of nitrogens with zero attached hydrogens (tertiary/aromatic N) is 1. The van der Waals surface area contributed by atoms with Gasteiger partial charge in [-0.1, -0.05) is 6.07 Å². The molecule has 2 fully saturated rings. The predicted molar refractivity (Wildman–Crippen MR) is 140 cm³/mol. The maximum atomic E-state index is 13.6. The second-order valence-electron chi connectivity index (χ2n) is 10.2. The zero-order chi connectivity index (χ0) is 26.9. The van der Waals surface area contributed by atoms with Crippen molar-refractivity contribution in [1.82, 2.24) is 10.2 Å². The lowest BCUT2D eigenvalue weighted by Crippen LogP contribution is -2.52. The number of rotatable bonds is 7. The Morgan fingerprint density at radius 2 is 1.87 bits per heavy atom. The number of anilines is 1.